The fourth-order valence-corrected chi connectivity index (χ4v) is 3.78. The Bertz CT molecular complexity index is 1070. The predicted octanol–water partition coefficient (Wildman–Crippen LogP) is 4.11. The van der Waals surface area contributed by atoms with Gasteiger partial charge in [0.1, 0.15) is 5.60 Å². The maximum Gasteiger partial charge on any atom is 0.268 e. The van der Waals surface area contributed by atoms with Gasteiger partial charge in [-0.05, 0) is 41.3 Å². The van der Waals surface area contributed by atoms with Crippen molar-refractivity contribution in [3.05, 3.63) is 95.8 Å². The quantitative estimate of drug-likeness (QED) is 0.635. The van der Waals surface area contributed by atoms with Gasteiger partial charge in [-0.1, -0.05) is 61.5 Å². The number of amides is 1. The van der Waals surface area contributed by atoms with Crippen LogP contribution in [-0.2, 0) is 15.2 Å². The molecule has 6 heteroatoms. The average molecular weight is 415 g/mol. The van der Waals surface area contributed by atoms with E-state index in [0.717, 1.165) is 16.7 Å². The van der Waals surface area contributed by atoms with Crippen LogP contribution in [-0.4, -0.2) is 27.8 Å². The molecule has 6 nitrogen and oxygen atoms in total. The highest BCUT2D eigenvalue weighted by Crippen LogP contribution is 2.37. The van der Waals surface area contributed by atoms with Gasteiger partial charge in [-0.25, -0.2) is 0 Å². The molecule has 0 fully saturated rings. The monoisotopic (exact) mass is 415 g/mol. The summed E-state index contributed by atoms with van der Waals surface area (Å²) in [5.74, 6) is -0.303. The Morgan fingerprint density at radius 2 is 1.77 bits per heavy atom. The molecule has 158 valence electrons. The molecule has 3 aromatic rings. The van der Waals surface area contributed by atoms with Crippen molar-refractivity contribution in [2.24, 2.45) is 11.1 Å². The van der Waals surface area contributed by atoms with Crippen LogP contribution in [0.25, 0.3) is 0 Å². The molecule has 1 aliphatic heterocycles. The smallest absolute Gasteiger partial charge is 0.268 e. The summed E-state index contributed by atoms with van der Waals surface area (Å²) in [6.45, 7) is 3.97. The van der Waals surface area contributed by atoms with E-state index in [1.807, 2.05) is 68.4 Å². The molecule has 31 heavy (non-hydrogen) atoms. The number of hydrogen-bond acceptors (Lipinski definition) is 5. The maximum absolute atomic E-state index is 12.6. The van der Waals surface area contributed by atoms with Crippen molar-refractivity contribution in [1.82, 2.24) is 4.98 Å². The van der Waals surface area contributed by atoms with Crippen LogP contribution in [0.2, 0.25) is 0 Å². The molecule has 2 atom stereocenters. The third kappa shape index (κ3) is 4.20. The molecule has 2 N–H and O–H groups in total. The van der Waals surface area contributed by atoms with Gasteiger partial charge < -0.3 is 15.3 Å². The number of carbonyl (C=O) groups is 1. The Morgan fingerprint density at radius 1 is 1.06 bits per heavy atom. The van der Waals surface area contributed by atoms with Crippen LogP contribution >= 0.6 is 0 Å². The largest absolute Gasteiger partial charge is 0.382 e. The number of carbonyl (C=O) groups excluding carboxylic acids is 1. The third-order valence-electron chi connectivity index (χ3n) is 5.60. The van der Waals surface area contributed by atoms with Gasteiger partial charge in [0, 0.05) is 30.1 Å². The molecule has 0 spiro atoms. The first-order chi connectivity index (χ1) is 15.0. The van der Waals surface area contributed by atoms with E-state index in [4.69, 9.17) is 4.84 Å². The first-order valence-electron chi connectivity index (χ1n) is 10.3. The fraction of sp³-hybridized carbons (Fsp3) is 0.240. The van der Waals surface area contributed by atoms with Gasteiger partial charge in [0.25, 0.3) is 5.91 Å². The molecule has 0 saturated heterocycles. The number of oxime groups is 1. The van der Waals surface area contributed by atoms with E-state index in [-0.39, 0.29) is 11.8 Å². The van der Waals surface area contributed by atoms with Crippen LogP contribution < -0.4 is 5.32 Å². The average Bonchev–Trinajstić information content (AvgIpc) is 3.31. The molecule has 1 amide bonds. The molecule has 0 aliphatic carbocycles. The molecule has 2 aromatic carbocycles. The Morgan fingerprint density at radius 3 is 2.42 bits per heavy atom. The van der Waals surface area contributed by atoms with Crippen LogP contribution in [0.3, 0.4) is 0 Å². The highest BCUT2D eigenvalue weighted by atomic mass is 16.6. The summed E-state index contributed by atoms with van der Waals surface area (Å²) in [7, 11) is 0. The topological polar surface area (TPSA) is 83.8 Å². The molecule has 0 radical (unpaired) electrons. The zero-order valence-electron chi connectivity index (χ0n) is 17.5. The van der Waals surface area contributed by atoms with E-state index in [1.165, 1.54) is 0 Å². The minimum Gasteiger partial charge on any atom is -0.382 e. The molecule has 0 bridgehead atoms. The molecule has 2 heterocycles. The minimum absolute atomic E-state index is 0.0368. The van der Waals surface area contributed by atoms with Crippen LogP contribution in [0.5, 0.6) is 0 Å². The molecular weight excluding hydrogens is 390 g/mol. The van der Waals surface area contributed by atoms with E-state index >= 15 is 0 Å². The van der Waals surface area contributed by atoms with Crippen molar-refractivity contribution in [2.45, 2.75) is 32.0 Å². The van der Waals surface area contributed by atoms with Crippen LogP contribution in [0.15, 0.2) is 84.3 Å². The lowest BCUT2D eigenvalue weighted by Gasteiger charge is -2.33. The van der Waals surface area contributed by atoms with Gasteiger partial charge in [-0.3, -0.25) is 9.78 Å². The second-order valence-corrected chi connectivity index (χ2v) is 7.93. The highest BCUT2D eigenvalue weighted by molar-refractivity contribution is 6.05. The zero-order valence-corrected chi connectivity index (χ0v) is 17.5. The summed E-state index contributed by atoms with van der Waals surface area (Å²) in [6.07, 6.45) is 3.08. The van der Waals surface area contributed by atoms with Crippen molar-refractivity contribution in [3.8, 4) is 0 Å². The molecule has 1 aromatic heterocycles. The summed E-state index contributed by atoms with van der Waals surface area (Å²) in [5, 5.41) is 18.4. The summed E-state index contributed by atoms with van der Waals surface area (Å²) in [4.78, 5) is 22.0. The van der Waals surface area contributed by atoms with Crippen LogP contribution in [0.1, 0.15) is 37.0 Å². The molecule has 1 aliphatic rings. The SMILES string of the molecule is CC(C)C(O)(c1ccccc1)c1ccc(NC(=O)C2CC(c3cccnc3)=NO2)cc1. The number of aliphatic hydroxyl groups is 1. The van der Waals surface area contributed by atoms with Crippen LogP contribution in [0, 0.1) is 5.92 Å². The second kappa shape index (κ2) is 8.70. The fourth-order valence-electron chi connectivity index (χ4n) is 3.78. The standard InChI is InChI=1S/C25H25N3O3/c1-17(2)25(30,19-8-4-3-5-9-19)20-10-12-21(13-11-20)27-24(29)23-15-22(28-31-23)18-7-6-14-26-16-18/h3-14,16-17,23,30H,15H2,1-2H3,(H,27,29). The van der Waals surface area contributed by atoms with Crippen molar-refractivity contribution >= 4 is 17.3 Å². The second-order valence-electron chi connectivity index (χ2n) is 7.93. The lowest BCUT2D eigenvalue weighted by molar-refractivity contribution is -0.125. The molecular formula is C25H25N3O3. The highest BCUT2D eigenvalue weighted by Gasteiger charge is 2.35. The van der Waals surface area contributed by atoms with E-state index in [9.17, 15) is 9.90 Å². The Labute approximate surface area is 181 Å². The Kier molecular flexibility index (Phi) is 5.82. The van der Waals surface area contributed by atoms with Crippen LogP contribution in [0.4, 0.5) is 5.69 Å². The number of hydrogen-bond donors (Lipinski definition) is 2. The van der Waals surface area contributed by atoms with Gasteiger partial charge >= 0.3 is 0 Å². The number of anilines is 1. The number of pyridine rings is 1. The normalized spacial score (nSPS) is 17.5. The van der Waals surface area contributed by atoms with Gasteiger partial charge in [0.2, 0.25) is 6.10 Å². The molecule has 0 saturated carbocycles. The summed E-state index contributed by atoms with van der Waals surface area (Å²) in [5.41, 5.74) is 2.66. The zero-order chi connectivity index (χ0) is 21.8. The van der Waals surface area contributed by atoms with Gasteiger partial charge in [-0.15, -0.1) is 0 Å². The van der Waals surface area contributed by atoms with Crippen molar-refractivity contribution in [2.75, 3.05) is 5.32 Å². The predicted molar refractivity (Wildman–Crippen MR) is 120 cm³/mol. The lowest BCUT2D eigenvalue weighted by atomic mass is 9.78. The van der Waals surface area contributed by atoms with Gasteiger partial charge in [-0.2, -0.15) is 0 Å². The first kappa shape index (κ1) is 20.8. The number of aromatic nitrogens is 1. The summed E-state index contributed by atoms with van der Waals surface area (Å²) < 4.78 is 0. The van der Waals surface area contributed by atoms with Crippen molar-refractivity contribution < 1.29 is 14.7 Å². The van der Waals surface area contributed by atoms with Crippen molar-refractivity contribution in [1.29, 1.82) is 0 Å². The third-order valence-corrected chi connectivity index (χ3v) is 5.60. The minimum atomic E-state index is -1.12. The van der Waals surface area contributed by atoms with E-state index in [2.05, 4.69) is 15.5 Å². The lowest BCUT2D eigenvalue weighted by Crippen LogP contribution is -2.33. The van der Waals surface area contributed by atoms with E-state index < -0.39 is 11.7 Å². The number of rotatable bonds is 6. The Hall–Kier alpha value is -3.51. The summed E-state index contributed by atoms with van der Waals surface area (Å²) >= 11 is 0. The number of nitrogens with zero attached hydrogens (tertiary/aromatic N) is 2. The van der Waals surface area contributed by atoms with Crippen molar-refractivity contribution in [3.63, 3.8) is 0 Å². The Balaban J connectivity index is 1.45. The van der Waals surface area contributed by atoms with Gasteiger partial charge in [0.05, 0.1) is 5.71 Å². The van der Waals surface area contributed by atoms with E-state index in [1.54, 1.807) is 24.5 Å². The maximum atomic E-state index is 12.6. The van der Waals surface area contributed by atoms with Gasteiger partial charge in [0.15, 0.2) is 0 Å². The molecule has 2 unspecified atom stereocenters. The molecule has 4 rings (SSSR count). The number of benzene rings is 2. The number of nitrogens with one attached hydrogen (secondary N) is 1. The first-order valence-corrected chi connectivity index (χ1v) is 10.3. The van der Waals surface area contributed by atoms with E-state index in [0.29, 0.717) is 17.8 Å². The summed E-state index contributed by atoms with van der Waals surface area (Å²) in [6, 6.07) is 20.6.